The van der Waals surface area contributed by atoms with Crippen LogP contribution in [0.1, 0.15) is 12.8 Å². The largest absolute Gasteiger partial charge is 0.481 e. The fraction of sp³-hybridized carbons (Fsp3) is 0.500. The fourth-order valence-corrected chi connectivity index (χ4v) is 0.402. The molecule has 13 heavy (non-hydrogen) atoms. The monoisotopic (exact) mass is 191 g/mol. The molecule has 1 atom stereocenters. The summed E-state index contributed by atoms with van der Waals surface area (Å²) in [6.07, 6.45) is 0.0259. The van der Waals surface area contributed by atoms with Gasteiger partial charge in [0.2, 0.25) is 0 Å². The molecular formula is C6H9NO6. The summed E-state index contributed by atoms with van der Waals surface area (Å²) >= 11 is 0. The van der Waals surface area contributed by atoms with Gasteiger partial charge in [-0.3, -0.25) is 9.59 Å². The third-order valence-electron chi connectivity index (χ3n) is 0.986. The molecule has 0 aromatic carbocycles. The lowest BCUT2D eigenvalue weighted by Crippen LogP contribution is -2.30. The molecule has 4 N–H and O–H groups in total. The molecule has 0 aromatic heterocycles. The van der Waals surface area contributed by atoms with E-state index in [4.69, 9.17) is 25.5 Å². The molecule has 0 aliphatic heterocycles. The Kier molecular flexibility index (Phi) is 8.92. The standard InChI is InChI=1S/C5H9NO4.CO2/c6-3(5(9)10)1-2-4(7)8;2-1-3/h3H,1-2,6H2,(H,7,8)(H,9,10);/t3-;/m0./s1. The van der Waals surface area contributed by atoms with Gasteiger partial charge in [-0.15, -0.1) is 0 Å². The molecule has 74 valence electrons. The van der Waals surface area contributed by atoms with Crippen molar-refractivity contribution in [3.05, 3.63) is 0 Å². The van der Waals surface area contributed by atoms with Crippen LogP contribution >= 0.6 is 0 Å². The van der Waals surface area contributed by atoms with Gasteiger partial charge < -0.3 is 15.9 Å². The van der Waals surface area contributed by atoms with E-state index in [9.17, 15) is 9.59 Å². The van der Waals surface area contributed by atoms with E-state index in [-0.39, 0.29) is 19.0 Å². The zero-order valence-corrected chi connectivity index (χ0v) is 6.60. The molecule has 0 unspecified atom stereocenters. The Balaban J connectivity index is 0. The Morgan fingerprint density at radius 1 is 1.31 bits per heavy atom. The van der Waals surface area contributed by atoms with E-state index in [0.717, 1.165) is 0 Å². The average molecular weight is 191 g/mol. The second kappa shape index (κ2) is 8.38. The third-order valence-corrected chi connectivity index (χ3v) is 0.986. The van der Waals surface area contributed by atoms with E-state index in [0.29, 0.717) is 0 Å². The lowest BCUT2D eigenvalue weighted by molar-refractivity contribution is -0.191. The Morgan fingerprint density at radius 3 is 1.92 bits per heavy atom. The van der Waals surface area contributed by atoms with E-state index in [2.05, 4.69) is 0 Å². The predicted octanol–water partition coefficient (Wildman–Crippen LogP) is -1.32. The van der Waals surface area contributed by atoms with Crippen LogP contribution in [0.2, 0.25) is 0 Å². The van der Waals surface area contributed by atoms with Crippen molar-refractivity contribution in [3.8, 4) is 0 Å². The van der Waals surface area contributed by atoms with Crippen LogP contribution < -0.4 is 5.73 Å². The summed E-state index contributed by atoms with van der Waals surface area (Å²) in [5.41, 5.74) is 5.00. The number of nitrogens with two attached hydrogens (primary N) is 1. The van der Waals surface area contributed by atoms with E-state index in [1.165, 1.54) is 0 Å². The van der Waals surface area contributed by atoms with Crippen molar-refractivity contribution in [2.75, 3.05) is 0 Å². The van der Waals surface area contributed by atoms with Crippen LogP contribution in [0, 0.1) is 0 Å². The highest BCUT2D eigenvalue weighted by atomic mass is 16.4. The Hall–Kier alpha value is -1.72. The van der Waals surface area contributed by atoms with Gasteiger partial charge in [0.15, 0.2) is 0 Å². The highest BCUT2D eigenvalue weighted by molar-refractivity contribution is 5.74. The van der Waals surface area contributed by atoms with Crippen molar-refractivity contribution < 1.29 is 29.4 Å². The number of hydrogen-bond donors (Lipinski definition) is 3. The third kappa shape index (κ3) is 13.3. The van der Waals surface area contributed by atoms with Crippen molar-refractivity contribution in [1.29, 1.82) is 0 Å². The van der Waals surface area contributed by atoms with Crippen LogP contribution in [0.3, 0.4) is 0 Å². The summed E-state index contributed by atoms with van der Waals surface area (Å²) in [5, 5.41) is 16.3. The minimum absolute atomic E-state index is 0.0231. The Labute approximate surface area is 73.1 Å². The maximum absolute atomic E-state index is 9.99. The van der Waals surface area contributed by atoms with Crippen molar-refractivity contribution in [2.24, 2.45) is 5.73 Å². The lowest BCUT2D eigenvalue weighted by atomic mass is 10.2. The smallest absolute Gasteiger partial charge is 0.373 e. The molecule has 0 saturated heterocycles. The predicted molar refractivity (Wildman–Crippen MR) is 37.5 cm³/mol. The highest BCUT2D eigenvalue weighted by Gasteiger charge is 2.12. The van der Waals surface area contributed by atoms with Gasteiger partial charge in [-0.1, -0.05) is 0 Å². The van der Waals surface area contributed by atoms with Gasteiger partial charge in [-0.05, 0) is 6.42 Å². The molecule has 0 bridgehead atoms. The molecule has 0 aromatic rings. The maximum Gasteiger partial charge on any atom is 0.373 e. The summed E-state index contributed by atoms with van der Waals surface area (Å²) in [4.78, 5) is 36.1. The number of aliphatic carboxylic acids is 2. The first-order chi connectivity index (χ1) is 5.95. The normalized spacial score (nSPS) is 10.2. The second-order valence-electron chi connectivity index (χ2n) is 1.96. The minimum Gasteiger partial charge on any atom is -0.481 e. The molecule has 0 aliphatic carbocycles. The van der Waals surface area contributed by atoms with Gasteiger partial charge in [0, 0.05) is 6.42 Å². The molecule has 7 heteroatoms. The Morgan fingerprint density at radius 2 is 1.69 bits per heavy atom. The molecule has 0 fully saturated rings. The van der Waals surface area contributed by atoms with Gasteiger partial charge in [0.25, 0.3) is 0 Å². The van der Waals surface area contributed by atoms with Crippen LogP contribution in [-0.2, 0) is 19.2 Å². The molecule has 0 radical (unpaired) electrons. The second-order valence-corrected chi connectivity index (χ2v) is 1.96. The van der Waals surface area contributed by atoms with Crippen molar-refractivity contribution in [2.45, 2.75) is 18.9 Å². The van der Waals surface area contributed by atoms with Crippen molar-refractivity contribution in [1.82, 2.24) is 0 Å². The number of rotatable bonds is 4. The SMILES string of the molecule is N[C@@H](CCC(=O)O)C(=O)O.O=C=O. The molecule has 0 heterocycles. The minimum atomic E-state index is -1.17. The van der Waals surface area contributed by atoms with E-state index in [1.54, 1.807) is 0 Å². The first kappa shape index (κ1) is 13.8. The summed E-state index contributed by atoms with van der Waals surface area (Å²) in [7, 11) is 0. The van der Waals surface area contributed by atoms with Gasteiger partial charge >= 0.3 is 18.1 Å². The summed E-state index contributed by atoms with van der Waals surface area (Å²) in [6.45, 7) is 0. The number of carboxylic acids is 2. The van der Waals surface area contributed by atoms with E-state index in [1.807, 2.05) is 0 Å². The van der Waals surface area contributed by atoms with Crippen LogP contribution in [0.25, 0.3) is 0 Å². The summed E-state index contributed by atoms with van der Waals surface area (Å²) < 4.78 is 0. The van der Waals surface area contributed by atoms with Gasteiger partial charge in [0.1, 0.15) is 6.04 Å². The zero-order valence-electron chi connectivity index (χ0n) is 6.60. The van der Waals surface area contributed by atoms with Gasteiger partial charge in [-0.25, -0.2) is 0 Å². The maximum atomic E-state index is 9.99. The summed E-state index contributed by atoms with van der Waals surface area (Å²) in [5.74, 6) is -2.20. The number of carboxylic acid groups (broad SMARTS) is 2. The zero-order chi connectivity index (χ0) is 10.9. The molecule has 7 nitrogen and oxygen atoms in total. The molecule has 0 rings (SSSR count). The van der Waals surface area contributed by atoms with Crippen LogP contribution in [0.15, 0.2) is 0 Å². The number of carbonyl (C=O) groups excluding carboxylic acids is 2. The van der Waals surface area contributed by atoms with Crippen LogP contribution in [0.5, 0.6) is 0 Å². The molecular weight excluding hydrogens is 182 g/mol. The average Bonchev–Trinajstić information content (AvgIpc) is 2.01. The number of hydrogen-bond acceptors (Lipinski definition) is 5. The quantitative estimate of drug-likeness (QED) is 0.501. The first-order valence-electron chi connectivity index (χ1n) is 3.15. The molecule has 0 saturated carbocycles. The van der Waals surface area contributed by atoms with Gasteiger partial charge in [-0.2, -0.15) is 9.59 Å². The van der Waals surface area contributed by atoms with Crippen molar-refractivity contribution in [3.63, 3.8) is 0 Å². The topological polar surface area (TPSA) is 135 Å². The Bertz CT molecular complexity index is 207. The summed E-state index contributed by atoms with van der Waals surface area (Å²) in [6, 6.07) is -1.06. The number of carbonyl (C=O) groups is 2. The molecule has 0 spiro atoms. The lowest BCUT2D eigenvalue weighted by Gasteiger charge is -2.01. The van der Waals surface area contributed by atoms with E-state index < -0.39 is 18.0 Å². The molecule has 0 amide bonds. The fourth-order valence-electron chi connectivity index (χ4n) is 0.402. The van der Waals surface area contributed by atoms with Crippen molar-refractivity contribution >= 4 is 18.1 Å². The first-order valence-corrected chi connectivity index (χ1v) is 3.15. The molecule has 0 aliphatic rings. The van der Waals surface area contributed by atoms with Crippen LogP contribution in [0.4, 0.5) is 0 Å². The van der Waals surface area contributed by atoms with Gasteiger partial charge in [0.05, 0.1) is 0 Å². The van der Waals surface area contributed by atoms with E-state index >= 15 is 0 Å². The highest BCUT2D eigenvalue weighted by Crippen LogP contribution is 1.93. The van der Waals surface area contributed by atoms with Crippen LogP contribution in [-0.4, -0.2) is 34.3 Å².